The van der Waals surface area contributed by atoms with Gasteiger partial charge in [-0.3, -0.25) is 15.0 Å². The van der Waals surface area contributed by atoms with Gasteiger partial charge in [-0.15, -0.1) is 0 Å². The molecule has 1 atom stereocenters. The predicted octanol–water partition coefficient (Wildman–Crippen LogP) is 4.34. The van der Waals surface area contributed by atoms with E-state index >= 15 is 0 Å². The number of hydrogen-bond acceptors (Lipinski definition) is 3. The molecule has 0 saturated carbocycles. The van der Waals surface area contributed by atoms with Gasteiger partial charge in [-0.05, 0) is 43.1 Å². The van der Waals surface area contributed by atoms with Crippen molar-refractivity contribution in [1.29, 1.82) is 0 Å². The van der Waals surface area contributed by atoms with Crippen molar-refractivity contribution in [3.05, 3.63) is 71.9 Å². The lowest BCUT2D eigenvalue weighted by Crippen LogP contribution is -2.33. The third kappa shape index (κ3) is 3.46. The Kier molecular flexibility index (Phi) is 4.57. The van der Waals surface area contributed by atoms with E-state index in [1.807, 2.05) is 30.7 Å². The highest BCUT2D eigenvalue weighted by molar-refractivity contribution is 5.62. The summed E-state index contributed by atoms with van der Waals surface area (Å²) in [6.45, 7) is 1.84. The Morgan fingerprint density at radius 2 is 2.12 bits per heavy atom. The molecule has 0 unspecified atom stereocenters. The first-order valence-electron chi connectivity index (χ1n) is 8.73. The summed E-state index contributed by atoms with van der Waals surface area (Å²) in [6, 6.07) is 11.2. The molecule has 5 heteroatoms. The Balaban J connectivity index is 1.60. The molecule has 1 aliphatic rings. The van der Waals surface area contributed by atoms with Gasteiger partial charge in [0.25, 0.3) is 0 Å². The van der Waals surface area contributed by atoms with E-state index in [1.54, 1.807) is 12.1 Å². The van der Waals surface area contributed by atoms with E-state index in [0.717, 1.165) is 36.3 Å². The number of nitrogens with zero attached hydrogens (tertiary/aromatic N) is 3. The van der Waals surface area contributed by atoms with E-state index in [1.165, 1.54) is 24.5 Å². The highest BCUT2D eigenvalue weighted by Crippen LogP contribution is 2.33. The molecular weight excluding hydrogens is 315 g/mol. The molecule has 0 bridgehead atoms. The minimum atomic E-state index is -0.232. The maximum absolute atomic E-state index is 13.6. The average Bonchev–Trinajstić information content (AvgIpc) is 3.11. The summed E-state index contributed by atoms with van der Waals surface area (Å²) >= 11 is 0. The Bertz CT molecular complexity index is 830. The van der Waals surface area contributed by atoms with Crippen LogP contribution in [0.15, 0.2) is 55.0 Å². The predicted molar refractivity (Wildman–Crippen MR) is 95.2 cm³/mol. The van der Waals surface area contributed by atoms with Crippen molar-refractivity contribution in [2.75, 3.05) is 6.54 Å². The van der Waals surface area contributed by atoms with Crippen molar-refractivity contribution in [3.8, 4) is 11.3 Å². The average molecular weight is 336 g/mol. The standard InChI is InChI=1S/C20H21FN4/c21-18-7-3-5-15(11-18)20-17(13-23-24-20)14-25-10-2-1-8-19(25)16-6-4-9-22-12-16/h3-7,9,11-13,19H,1-2,8,10,14H2,(H,23,24)/t19-/m1/s1. The van der Waals surface area contributed by atoms with Gasteiger partial charge in [0.2, 0.25) is 0 Å². The minimum Gasteiger partial charge on any atom is -0.292 e. The molecule has 4 rings (SSSR count). The van der Waals surface area contributed by atoms with Crippen LogP contribution in [0.3, 0.4) is 0 Å². The van der Waals surface area contributed by atoms with Crippen molar-refractivity contribution < 1.29 is 4.39 Å². The van der Waals surface area contributed by atoms with Crippen LogP contribution in [0.25, 0.3) is 11.3 Å². The Hall–Kier alpha value is -2.53. The molecule has 0 aliphatic carbocycles. The molecule has 128 valence electrons. The lowest BCUT2D eigenvalue weighted by Gasteiger charge is -2.35. The van der Waals surface area contributed by atoms with E-state index in [2.05, 4.69) is 26.1 Å². The monoisotopic (exact) mass is 336 g/mol. The summed E-state index contributed by atoms with van der Waals surface area (Å²) in [4.78, 5) is 6.76. The molecule has 1 saturated heterocycles. The van der Waals surface area contributed by atoms with E-state index in [0.29, 0.717) is 6.04 Å². The molecule has 2 aromatic heterocycles. The molecule has 3 aromatic rings. The number of rotatable bonds is 4. The zero-order valence-corrected chi connectivity index (χ0v) is 14.0. The van der Waals surface area contributed by atoms with E-state index in [4.69, 9.17) is 0 Å². The van der Waals surface area contributed by atoms with E-state index in [9.17, 15) is 4.39 Å². The van der Waals surface area contributed by atoms with Gasteiger partial charge in [0.05, 0.1) is 11.9 Å². The second-order valence-corrected chi connectivity index (χ2v) is 6.55. The van der Waals surface area contributed by atoms with Crippen LogP contribution >= 0.6 is 0 Å². The first-order chi connectivity index (χ1) is 12.3. The fourth-order valence-electron chi connectivity index (χ4n) is 3.67. The first-order valence-corrected chi connectivity index (χ1v) is 8.73. The second kappa shape index (κ2) is 7.15. The number of benzene rings is 1. The van der Waals surface area contributed by atoms with Crippen LogP contribution in [0.5, 0.6) is 0 Å². The molecule has 0 amide bonds. The third-order valence-corrected chi connectivity index (χ3v) is 4.89. The number of likely N-dealkylation sites (tertiary alicyclic amines) is 1. The lowest BCUT2D eigenvalue weighted by atomic mass is 9.95. The highest BCUT2D eigenvalue weighted by Gasteiger charge is 2.25. The summed E-state index contributed by atoms with van der Waals surface area (Å²) < 4.78 is 13.6. The van der Waals surface area contributed by atoms with Crippen LogP contribution in [-0.2, 0) is 6.54 Å². The number of H-pyrrole nitrogens is 1. The van der Waals surface area contributed by atoms with Crippen molar-refractivity contribution in [1.82, 2.24) is 20.1 Å². The van der Waals surface area contributed by atoms with Crippen molar-refractivity contribution >= 4 is 0 Å². The number of halogens is 1. The van der Waals surface area contributed by atoms with Crippen LogP contribution in [-0.4, -0.2) is 26.6 Å². The molecule has 1 aliphatic heterocycles. The van der Waals surface area contributed by atoms with Gasteiger partial charge in [-0.25, -0.2) is 4.39 Å². The Morgan fingerprint density at radius 1 is 1.16 bits per heavy atom. The highest BCUT2D eigenvalue weighted by atomic mass is 19.1. The van der Waals surface area contributed by atoms with Crippen LogP contribution in [0.1, 0.15) is 36.4 Å². The van der Waals surface area contributed by atoms with Crippen LogP contribution in [0, 0.1) is 5.82 Å². The molecular formula is C20H21FN4. The summed E-state index contributed by atoms with van der Waals surface area (Å²) in [6.07, 6.45) is 9.21. The fourth-order valence-corrected chi connectivity index (χ4v) is 3.67. The minimum absolute atomic E-state index is 0.232. The molecule has 0 spiro atoms. The van der Waals surface area contributed by atoms with Gasteiger partial charge in [-0.2, -0.15) is 5.10 Å². The van der Waals surface area contributed by atoms with Gasteiger partial charge < -0.3 is 0 Å². The summed E-state index contributed by atoms with van der Waals surface area (Å²) in [5, 5.41) is 7.24. The molecule has 25 heavy (non-hydrogen) atoms. The molecule has 1 aromatic carbocycles. The van der Waals surface area contributed by atoms with Crippen molar-refractivity contribution in [3.63, 3.8) is 0 Å². The van der Waals surface area contributed by atoms with Crippen LogP contribution < -0.4 is 0 Å². The quantitative estimate of drug-likeness (QED) is 0.771. The van der Waals surface area contributed by atoms with Gasteiger partial charge in [-0.1, -0.05) is 24.6 Å². The largest absolute Gasteiger partial charge is 0.292 e. The van der Waals surface area contributed by atoms with Gasteiger partial charge in [0.15, 0.2) is 0 Å². The SMILES string of the molecule is Fc1cccc(-c2[nH]ncc2CN2CCCC[C@@H]2c2cccnc2)c1. The first kappa shape index (κ1) is 16.0. The zero-order valence-electron chi connectivity index (χ0n) is 14.0. The third-order valence-electron chi connectivity index (χ3n) is 4.89. The zero-order chi connectivity index (χ0) is 17.1. The number of pyridine rings is 1. The number of nitrogens with one attached hydrogen (secondary N) is 1. The summed E-state index contributed by atoms with van der Waals surface area (Å²) in [5.74, 6) is -0.232. The number of piperidine rings is 1. The summed E-state index contributed by atoms with van der Waals surface area (Å²) in [7, 11) is 0. The smallest absolute Gasteiger partial charge is 0.123 e. The van der Waals surface area contributed by atoms with Crippen molar-refractivity contribution in [2.45, 2.75) is 31.8 Å². The Labute approximate surface area is 146 Å². The Morgan fingerprint density at radius 3 is 2.96 bits per heavy atom. The lowest BCUT2D eigenvalue weighted by molar-refractivity contribution is 0.140. The van der Waals surface area contributed by atoms with Gasteiger partial charge >= 0.3 is 0 Å². The normalized spacial score (nSPS) is 18.4. The fraction of sp³-hybridized carbons (Fsp3) is 0.300. The number of aromatic nitrogens is 3. The van der Waals surface area contributed by atoms with Crippen LogP contribution in [0.2, 0.25) is 0 Å². The summed E-state index contributed by atoms with van der Waals surface area (Å²) in [5.41, 5.74) is 4.09. The molecule has 1 N–H and O–H groups in total. The number of hydrogen-bond donors (Lipinski definition) is 1. The molecule has 3 heterocycles. The van der Waals surface area contributed by atoms with Crippen LogP contribution in [0.4, 0.5) is 4.39 Å². The van der Waals surface area contributed by atoms with E-state index < -0.39 is 0 Å². The molecule has 4 nitrogen and oxygen atoms in total. The van der Waals surface area contributed by atoms with Gasteiger partial charge in [0.1, 0.15) is 5.82 Å². The van der Waals surface area contributed by atoms with E-state index in [-0.39, 0.29) is 5.82 Å². The molecule has 0 radical (unpaired) electrons. The topological polar surface area (TPSA) is 44.8 Å². The van der Waals surface area contributed by atoms with Gasteiger partial charge in [0, 0.05) is 36.1 Å². The second-order valence-electron chi connectivity index (χ2n) is 6.55. The molecule has 1 fully saturated rings. The maximum Gasteiger partial charge on any atom is 0.123 e. The number of aromatic amines is 1. The maximum atomic E-state index is 13.6. The van der Waals surface area contributed by atoms with Crippen molar-refractivity contribution in [2.24, 2.45) is 0 Å².